The van der Waals surface area contributed by atoms with Crippen LogP contribution in [0.4, 0.5) is 5.69 Å². The summed E-state index contributed by atoms with van der Waals surface area (Å²) in [6.07, 6.45) is 0. The van der Waals surface area contributed by atoms with Gasteiger partial charge in [-0.05, 0) is 19.1 Å². The van der Waals surface area contributed by atoms with Gasteiger partial charge in [0.15, 0.2) is 0 Å². The fourth-order valence-electron chi connectivity index (χ4n) is 1.86. The summed E-state index contributed by atoms with van der Waals surface area (Å²) in [4.78, 5) is 23.7. The smallest absolute Gasteiger partial charge is 0.264 e. The molecule has 2 heterocycles. The molecule has 0 radical (unpaired) electrons. The highest BCUT2D eigenvalue weighted by Crippen LogP contribution is 2.37. The molecule has 92 valence electrons. The Bertz CT molecular complexity index is 674. The van der Waals surface area contributed by atoms with Crippen LogP contribution < -0.4 is 10.9 Å². The molecule has 0 saturated carbocycles. The third-order valence-electron chi connectivity index (χ3n) is 2.82. The highest BCUT2D eigenvalue weighted by molar-refractivity contribution is 8.00. The van der Waals surface area contributed by atoms with Gasteiger partial charge in [-0.2, -0.15) is 0 Å². The minimum absolute atomic E-state index is 0.00668. The van der Waals surface area contributed by atoms with Crippen LogP contribution in [0.1, 0.15) is 6.92 Å². The molecule has 1 atom stereocenters. The predicted octanol–water partition coefficient (Wildman–Crippen LogP) is 1.80. The van der Waals surface area contributed by atoms with Gasteiger partial charge in [0.25, 0.3) is 5.56 Å². The van der Waals surface area contributed by atoms with Gasteiger partial charge in [-0.3, -0.25) is 19.8 Å². The lowest BCUT2D eigenvalue weighted by Gasteiger charge is -2.21. The van der Waals surface area contributed by atoms with Crippen molar-refractivity contribution in [3.8, 4) is 11.3 Å². The van der Waals surface area contributed by atoms with E-state index in [0.29, 0.717) is 5.69 Å². The molecule has 5 nitrogen and oxygen atoms in total. The molecule has 18 heavy (non-hydrogen) atoms. The maximum atomic E-state index is 11.6. The van der Waals surface area contributed by atoms with Gasteiger partial charge in [0.05, 0.1) is 16.6 Å². The van der Waals surface area contributed by atoms with Gasteiger partial charge >= 0.3 is 0 Å². The second-order valence-corrected chi connectivity index (χ2v) is 5.52. The van der Waals surface area contributed by atoms with Crippen LogP contribution in [0, 0.1) is 0 Å². The number of rotatable bonds is 1. The van der Waals surface area contributed by atoms with Gasteiger partial charge in [-0.1, -0.05) is 6.07 Å². The second kappa shape index (κ2) is 4.06. The molecule has 0 bridgehead atoms. The molecule has 1 aromatic heterocycles. The highest BCUT2D eigenvalue weighted by atomic mass is 32.2. The average Bonchev–Trinajstić information content (AvgIpc) is 2.77. The van der Waals surface area contributed by atoms with Gasteiger partial charge in [0, 0.05) is 16.5 Å². The Morgan fingerprint density at radius 3 is 2.72 bits per heavy atom. The van der Waals surface area contributed by atoms with Crippen molar-refractivity contribution < 1.29 is 4.79 Å². The first-order valence-electron chi connectivity index (χ1n) is 5.53. The number of aromatic amines is 2. The zero-order valence-corrected chi connectivity index (χ0v) is 10.4. The van der Waals surface area contributed by atoms with Gasteiger partial charge in [-0.15, -0.1) is 11.8 Å². The van der Waals surface area contributed by atoms with Crippen molar-refractivity contribution in [1.29, 1.82) is 0 Å². The Hall–Kier alpha value is -1.95. The zero-order valence-electron chi connectivity index (χ0n) is 9.61. The van der Waals surface area contributed by atoms with Crippen molar-refractivity contribution in [3.05, 3.63) is 34.6 Å². The van der Waals surface area contributed by atoms with E-state index < -0.39 is 0 Å². The minimum Gasteiger partial charge on any atom is -0.324 e. The first-order chi connectivity index (χ1) is 8.63. The molecule has 3 rings (SSSR count). The number of anilines is 1. The number of amides is 1. The lowest BCUT2D eigenvalue weighted by Crippen LogP contribution is -2.26. The van der Waals surface area contributed by atoms with Crippen molar-refractivity contribution in [2.45, 2.75) is 17.1 Å². The van der Waals surface area contributed by atoms with Crippen LogP contribution >= 0.6 is 11.8 Å². The molecule has 1 aliphatic rings. The molecule has 1 unspecified atom stereocenters. The molecule has 3 N–H and O–H groups in total. The lowest BCUT2D eigenvalue weighted by molar-refractivity contribution is -0.115. The van der Waals surface area contributed by atoms with Gasteiger partial charge in [-0.25, -0.2) is 0 Å². The Morgan fingerprint density at radius 1 is 1.17 bits per heavy atom. The van der Waals surface area contributed by atoms with E-state index in [1.807, 2.05) is 25.1 Å². The third kappa shape index (κ3) is 1.84. The number of thioether (sulfide) groups is 1. The van der Waals surface area contributed by atoms with E-state index >= 15 is 0 Å². The molecule has 0 saturated heterocycles. The highest BCUT2D eigenvalue weighted by Gasteiger charge is 2.23. The Balaban J connectivity index is 2.04. The number of H-pyrrole nitrogens is 2. The van der Waals surface area contributed by atoms with E-state index in [-0.39, 0.29) is 16.7 Å². The number of carbonyl (C=O) groups excluding carboxylic acids is 1. The molecule has 6 heteroatoms. The number of carbonyl (C=O) groups is 1. The van der Waals surface area contributed by atoms with Crippen LogP contribution in [0.2, 0.25) is 0 Å². The normalized spacial score (nSPS) is 18.3. The van der Waals surface area contributed by atoms with Crippen LogP contribution in [-0.2, 0) is 4.79 Å². The summed E-state index contributed by atoms with van der Waals surface area (Å²) in [7, 11) is 0. The van der Waals surface area contributed by atoms with Crippen LogP contribution in [0.25, 0.3) is 11.3 Å². The van der Waals surface area contributed by atoms with E-state index in [1.165, 1.54) is 17.8 Å². The molecular formula is C12H11N3O2S. The molecule has 0 aliphatic carbocycles. The first kappa shape index (κ1) is 11.2. The summed E-state index contributed by atoms with van der Waals surface area (Å²) < 4.78 is 0. The van der Waals surface area contributed by atoms with E-state index in [2.05, 4.69) is 15.5 Å². The van der Waals surface area contributed by atoms with Crippen molar-refractivity contribution in [2.24, 2.45) is 0 Å². The number of hydrogen-bond acceptors (Lipinski definition) is 3. The summed E-state index contributed by atoms with van der Waals surface area (Å²) in [5.41, 5.74) is 2.20. The maximum absolute atomic E-state index is 11.6. The number of nitrogens with one attached hydrogen (secondary N) is 3. The predicted molar refractivity (Wildman–Crippen MR) is 70.8 cm³/mol. The summed E-state index contributed by atoms with van der Waals surface area (Å²) >= 11 is 1.54. The monoisotopic (exact) mass is 261 g/mol. The molecule has 0 spiro atoms. The summed E-state index contributed by atoms with van der Waals surface area (Å²) in [5, 5.41) is 8.07. The quantitative estimate of drug-likeness (QED) is 0.732. The van der Waals surface area contributed by atoms with E-state index in [0.717, 1.165) is 16.1 Å². The van der Waals surface area contributed by atoms with E-state index in [1.54, 1.807) is 0 Å². The Morgan fingerprint density at radius 2 is 2.00 bits per heavy atom. The third-order valence-corrected chi connectivity index (χ3v) is 3.99. The van der Waals surface area contributed by atoms with Gasteiger partial charge in [0.1, 0.15) is 0 Å². The van der Waals surface area contributed by atoms with Crippen LogP contribution in [0.3, 0.4) is 0 Å². The van der Waals surface area contributed by atoms with Crippen molar-refractivity contribution >= 4 is 23.4 Å². The van der Waals surface area contributed by atoms with Crippen molar-refractivity contribution in [1.82, 2.24) is 10.2 Å². The molecule has 1 aliphatic heterocycles. The van der Waals surface area contributed by atoms with Crippen LogP contribution in [-0.4, -0.2) is 21.4 Å². The topological polar surface area (TPSA) is 77.8 Å². The standard InChI is InChI=1S/C12H11N3O2S/c1-6-12(17)13-9-4-7(2-3-10(9)18-6)8-5-11(16)15-14-8/h2-6H,1H3,(H,13,17)(H2,14,15,16). The zero-order chi connectivity index (χ0) is 12.7. The summed E-state index contributed by atoms with van der Waals surface area (Å²) in [6, 6.07) is 7.24. The lowest BCUT2D eigenvalue weighted by atomic mass is 10.1. The van der Waals surface area contributed by atoms with E-state index in [4.69, 9.17) is 0 Å². The minimum atomic E-state index is -0.172. The Kier molecular flexibility index (Phi) is 2.52. The fraction of sp³-hybridized carbons (Fsp3) is 0.167. The number of aromatic nitrogens is 2. The van der Waals surface area contributed by atoms with Crippen LogP contribution in [0.5, 0.6) is 0 Å². The SMILES string of the molecule is CC1Sc2ccc(-c3cc(=O)[nH][nH]3)cc2NC1=O. The van der Waals surface area contributed by atoms with Crippen molar-refractivity contribution in [2.75, 3.05) is 5.32 Å². The fourth-order valence-corrected chi connectivity index (χ4v) is 2.79. The summed E-state index contributed by atoms with van der Waals surface area (Å²) in [5.74, 6) is 0.00668. The first-order valence-corrected chi connectivity index (χ1v) is 6.41. The molecule has 1 amide bonds. The second-order valence-electron chi connectivity index (χ2n) is 4.13. The molecule has 1 aromatic carbocycles. The number of fused-ring (bicyclic) bond motifs is 1. The summed E-state index contributed by atoms with van der Waals surface area (Å²) in [6.45, 7) is 1.88. The van der Waals surface area contributed by atoms with Crippen LogP contribution in [0.15, 0.2) is 34.0 Å². The van der Waals surface area contributed by atoms with E-state index in [9.17, 15) is 9.59 Å². The Labute approximate surface area is 107 Å². The average molecular weight is 261 g/mol. The molecular weight excluding hydrogens is 250 g/mol. The van der Waals surface area contributed by atoms with Crippen molar-refractivity contribution in [3.63, 3.8) is 0 Å². The number of benzene rings is 1. The number of hydrogen-bond donors (Lipinski definition) is 3. The largest absolute Gasteiger partial charge is 0.324 e. The van der Waals surface area contributed by atoms with Gasteiger partial charge < -0.3 is 5.32 Å². The maximum Gasteiger partial charge on any atom is 0.264 e. The van der Waals surface area contributed by atoms with Gasteiger partial charge in [0.2, 0.25) is 5.91 Å². The molecule has 0 fully saturated rings. The molecule has 2 aromatic rings.